The molecule has 0 saturated carbocycles. The summed E-state index contributed by atoms with van der Waals surface area (Å²) in [5.74, 6) is -2.60. The molecule has 2 aliphatic heterocycles. The van der Waals surface area contributed by atoms with Gasteiger partial charge in [0, 0.05) is 4.47 Å². The summed E-state index contributed by atoms with van der Waals surface area (Å²) in [4.78, 5) is 37.6. The van der Waals surface area contributed by atoms with Crippen molar-refractivity contribution < 1.29 is 19.1 Å². The molecule has 7 nitrogen and oxygen atoms in total. The van der Waals surface area contributed by atoms with E-state index in [9.17, 15) is 14.4 Å². The van der Waals surface area contributed by atoms with Crippen LogP contribution < -0.4 is 10.3 Å². The zero-order chi connectivity index (χ0) is 15.1. The molecule has 1 N–H and O–H groups in total. The van der Waals surface area contributed by atoms with E-state index in [1.807, 2.05) is 0 Å². The first-order valence-electron chi connectivity index (χ1n) is 6.10. The average molecular weight is 352 g/mol. The van der Waals surface area contributed by atoms with Crippen LogP contribution in [0.15, 0.2) is 33.8 Å². The molecule has 0 unspecified atom stereocenters. The van der Waals surface area contributed by atoms with Gasteiger partial charge < -0.3 is 4.74 Å². The molecule has 1 saturated heterocycles. The quantitative estimate of drug-likeness (QED) is 0.616. The zero-order valence-corrected chi connectivity index (χ0v) is 12.5. The van der Waals surface area contributed by atoms with Crippen molar-refractivity contribution in [2.45, 2.75) is 6.04 Å². The second-order valence-corrected chi connectivity index (χ2v) is 5.39. The standard InChI is InChI=1S/C13H10BrN3O4/c1-21-13(20)10-8-9(15-16-10)12(19)17(11(8)18)7-5-3-2-4-6(7)14/h2-5,8-9,15H,1H3/t8-,9-/m0/s1. The Morgan fingerprint density at radius 1 is 1.33 bits per heavy atom. The number of amides is 2. The number of nitrogens with one attached hydrogen (secondary N) is 1. The van der Waals surface area contributed by atoms with E-state index in [2.05, 4.69) is 31.2 Å². The SMILES string of the molecule is COC(=O)C1=NN[C@@H]2C(=O)N(c3ccccc3Br)C(=O)[C@H]12. The highest BCUT2D eigenvalue weighted by Gasteiger charge is 2.55. The molecule has 0 spiro atoms. The summed E-state index contributed by atoms with van der Waals surface area (Å²) in [5.41, 5.74) is 2.91. The summed E-state index contributed by atoms with van der Waals surface area (Å²) >= 11 is 3.31. The number of halogens is 1. The van der Waals surface area contributed by atoms with Gasteiger partial charge in [-0.05, 0) is 28.1 Å². The van der Waals surface area contributed by atoms with Crippen molar-refractivity contribution in [3.63, 3.8) is 0 Å². The molecule has 108 valence electrons. The molecule has 0 bridgehead atoms. The summed E-state index contributed by atoms with van der Waals surface area (Å²) in [7, 11) is 1.20. The number of rotatable bonds is 2. The Morgan fingerprint density at radius 3 is 2.71 bits per heavy atom. The zero-order valence-electron chi connectivity index (χ0n) is 10.9. The van der Waals surface area contributed by atoms with Crippen LogP contribution in [0.25, 0.3) is 0 Å². The van der Waals surface area contributed by atoms with Crippen molar-refractivity contribution in [2.75, 3.05) is 12.0 Å². The van der Waals surface area contributed by atoms with Crippen molar-refractivity contribution in [2.24, 2.45) is 11.0 Å². The molecule has 1 aromatic rings. The van der Waals surface area contributed by atoms with Crippen molar-refractivity contribution >= 4 is 45.1 Å². The first-order chi connectivity index (χ1) is 10.1. The Hall–Kier alpha value is -2.22. The maximum atomic E-state index is 12.5. The highest BCUT2D eigenvalue weighted by Crippen LogP contribution is 2.34. The lowest BCUT2D eigenvalue weighted by atomic mass is 9.99. The summed E-state index contributed by atoms with van der Waals surface area (Å²) in [6, 6.07) is 6.01. The summed E-state index contributed by atoms with van der Waals surface area (Å²) in [5, 5.41) is 3.75. The molecule has 1 aromatic carbocycles. The van der Waals surface area contributed by atoms with Crippen LogP contribution >= 0.6 is 15.9 Å². The molecule has 0 aromatic heterocycles. The van der Waals surface area contributed by atoms with E-state index in [-0.39, 0.29) is 5.71 Å². The molecule has 2 amide bonds. The molecule has 2 aliphatic rings. The van der Waals surface area contributed by atoms with Gasteiger partial charge in [0.25, 0.3) is 5.91 Å². The third-order valence-electron chi connectivity index (χ3n) is 3.41. The Balaban J connectivity index is 2.00. The second kappa shape index (κ2) is 4.96. The number of nitrogens with zero attached hydrogens (tertiary/aromatic N) is 2. The third-order valence-corrected chi connectivity index (χ3v) is 4.08. The minimum Gasteiger partial charge on any atom is -0.464 e. The Labute approximate surface area is 128 Å². The number of hydrogen-bond acceptors (Lipinski definition) is 6. The normalized spacial score (nSPS) is 23.7. The fourth-order valence-electron chi connectivity index (χ4n) is 2.43. The fourth-order valence-corrected chi connectivity index (χ4v) is 2.89. The number of para-hydroxylation sites is 1. The fraction of sp³-hybridized carbons (Fsp3) is 0.231. The van der Waals surface area contributed by atoms with E-state index in [1.54, 1.807) is 24.3 Å². The van der Waals surface area contributed by atoms with Gasteiger partial charge in [-0.25, -0.2) is 9.69 Å². The van der Waals surface area contributed by atoms with Crippen molar-refractivity contribution in [1.29, 1.82) is 0 Å². The number of hydrazone groups is 1. The monoisotopic (exact) mass is 351 g/mol. The van der Waals surface area contributed by atoms with Gasteiger partial charge in [-0.2, -0.15) is 5.10 Å². The number of carbonyl (C=O) groups is 3. The maximum absolute atomic E-state index is 12.5. The molecule has 21 heavy (non-hydrogen) atoms. The van der Waals surface area contributed by atoms with Crippen molar-refractivity contribution in [1.82, 2.24) is 5.43 Å². The van der Waals surface area contributed by atoms with E-state index >= 15 is 0 Å². The van der Waals surface area contributed by atoms with Crippen molar-refractivity contribution in [3.8, 4) is 0 Å². The van der Waals surface area contributed by atoms with Crippen LogP contribution in [-0.2, 0) is 19.1 Å². The average Bonchev–Trinajstić information content (AvgIpc) is 3.01. The molecule has 3 rings (SSSR count). The van der Waals surface area contributed by atoms with Crippen LogP contribution in [-0.4, -0.2) is 36.6 Å². The van der Waals surface area contributed by atoms with Crippen LogP contribution in [0.5, 0.6) is 0 Å². The summed E-state index contributed by atoms with van der Waals surface area (Å²) in [6.45, 7) is 0. The van der Waals surface area contributed by atoms with Gasteiger partial charge in [0.1, 0.15) is 12.0 Å². The second-order valence-electron chi connectivity index (χ2n) is 4.54. The first-order valence-corrected chi connectivity index (χ1v) is 6.89. The Morgan fingerprint density at radius 2 is 2.05 bits per heavy atom. The van der Waals surface area contributed by atoms with Gasteiger partial charge in [-0.15, -0.1) is 0 Å². The number of imide groups is 1. The van der Waals surface area contributed by atoms with Crippen LogP contribution in [0.4, 0.5) is 5.69 Å². The van der Waals surface area contributed by atoms with Crippen LogP contribution in [0, 0.1) is 5.92 Å². The highest BCUT2D eigenvalue weighted by molar-refractivity contribution is 9.10. The molecular weight excluding hydrogens is 342 g/mol. The number of esters is 1. The summed E-state index contributed by atoms with van der Waals surface area (Å²) in [6.07, 6.45) is 0. The van der Waals surface area contributed by atoms with E-state index in [0.29, 0.717) is 10.2 Å². The third kappa shape index (κ3) is 1.94. The molecular formula is C13H10BrN3O4. The largest absolute Gasteiger partial charge is 0.464 e. The predicted octanol–water partition coefficient (Wildman–Crippen LogP) is 0.439. The molecule has 2 atom stereocenters. The Kier molecular flexibility index (Phi) is 3.25. The number of hydrogen-bond donors (Lipinski definition) is 1. The van der Waals surface area contributed by atoms with E-state index in [1.165, 1.54) is 7.11 Å². The van der Waals surface area contributed by atoms with Gasteiger partial charge in [0.2, 0.25) is 5.91 Å². The van der Waals surface area contributed by atoms with Gasteiger partial charge in [0.05, 0.1) is 12.8 Å². The number of anilines is 1. The minimum absolute atomic E-state index is 0.0737. The number of methoxy groups -OCH3 is 1. The molecule has 0 aliphatic carbocycles. The molecule has 0 radical (unpaired) electrons. The minimum atomic E-state index is -0.947. The highest BCUT2D eigenvalue weighted by atomic mass is 79.9. The molecule has 2 heterocycles. The predicted molar refractivity (Wildman–Crippen MR) is 76.5 cm³/mol. The van der Waals surface area contributed by atoms with E-state index < -0.39 is 29.7 Å². The van der Waals surface area contributed by atoms with E-state index in [0.717, 1.165) is 4.90 Å². The van der Waals surface area contributed by atoms with Gasteiger partial charge >= 0.3 is 5.97 Å². The summed E-state index contributed by atoms with van der Waals surface area (Å²) < 4.78 is 5.20. The maximum Gasteiger partial charge on any atom is 0.355 e. The Bertz CT molecular complexity index is 688. The number of ether oxygens (including phenoxy) is 1. The van der Waals surface area contributed by atoms with Crippen LogP contribution in [0.1, 0.15) is 0 Å². The lowest BCUT2D eigenvalue weighted by molar-refractivity contribution is -0.133. The first kappa shape index (κ1) is 13.7. The van der Waals surface area contributed by atoms with Gasteiger partial charge in [-0.1, -0.05) is 12.1 Å². The number of benzene rings is 1. The van der Waals surface area contributed by atoms with E-state index in [4.69, 9.17) is 0 Å². The molecule has 1 fully saturated rings. The number of fused-ring (bicyclic) bond motifs is 1. The smallest absolute Gasteiger partial charge is 0.355 e. The lowest BCUT2D eigenvalue weighted by Gasteiger charge is -2.16. The lowest BCUT2D eigenvalue weighted by Crippen LogP contribution is -2.36. The van der Waals surface area contributed by atoms with Crippen molar-refractivity contribution in [3.05, 3.63) is 28.7 Å². The molecule has 8 heteroatoms. The van der Waals surface area contributed by atoms with Gasteiger partial charge in [-0.3, -0.25) is 15.0 Å². The van der Waals surface area contributed by atoms with Crippen LogP contribution in [0.3, 0.4) is 0 Å². The topological polar surface area (TPSA) is 88.1 Å². The number of carbonyl (C=O) groups excluding carboxylic acids is 3. The van der Waals surface area contributed by atoms with Gasteiger partial charge in [0.15, 0.2) is 5.71 Å². The van der Waals surface area contributed by atoms with Crippen LogP contribution in [0.2, 0.25) is 0 Å².